The van der Waals surface area contributed by atoms with Crippen molar-refractivity contribution >= 4 is 11.8 Å². The van der Waals surface area contributed by atoms with Gasteiger partial charge in [0.2, 0.25) is 5.89 Å². The Morgan fingerprint density at radius 2 is 1.84 bits per heavy atom. The average molecular weight is 449 g/mol. The smallest absolute Gasteiger partial charge is 0.419 e. The van der Waals surface area contributed by atoms with Crippen LogP contribution < -0.4 is 9.64 Å². The van der Waals surface area contributed by atoms with Crippen LogP contribution in [0.25, 0.3) is 11.6 Å². The highest BCUT2D eigenvalue weighted by atomic mass is 19.4. The zero-order valence-corrected chi connectivity index (χ0v) is 16.6. The zero-order chi connectivity index (χ0) is 22.7. The number of rotatable bonds is 6. The number of nitrogens with zero attached hydrogens (tertiary/aromatic N) is 5. The summed E-state index contributed by atoms with van der Waals surface area (Å²) in [5.74, 6) is -0.628. The van der Waals surface area contributed by atoms with Crippen LogP contribution >= 0.6 is 0 Å². The van der Waals surface area contributed by atoms with Crippen molar-refractivity contribution in [3.05, 3.63) is 47.9 Å². The largest absolute Gasteiger partial charge is 0.490 e. The van der Waals surface area contributed by atoms with Gasteiger partial charge in [-0.1, -0.05) is 12.1 Å². The van der Waals surface area contributed by atoms with E-state index in [0.29, 0.717) is 37.4 Å². The second kappa shape index (κ2) is 8.81. The van der Waals surface area contributed by atoms with E-state index in [1.807, 2.05) is 4.90 Å². The van der Waals surface area contributed by atoms with E-state index in [1.54, 1.807) is 12.1 Å². The SMILES string of the molecule is O=C(O)Cc1nnc(-c2ccc(N3CCC(Oc4ccccc4C(F)(F)F)CC3)nn2)o1. The first-order valence-electron chi connectivity index (χ1n) is 9.75. The van der Waals surface area contributed by atoms with Gasteiger partial charge >= 0.3 is 12.1 Å². The Kier molecular flexibility index (Phi) is 5.93. The Bertz CT molecular complexity index is 1080. The molecule has 1 aliphatic rings. The maximum absolute atomic E-state index is 13.2. The van der Waals surface area contributed by atoms with Gasteiger partial charge in [-0.05, 0) is 24.3 Å². The molecule has 0 atom stereocenters. The fraction of sp³-hybridized carbons (Fsp3) is 0.350. The van der Waals surface area contributed by atoms with Crippen molar-refractivity contribution in [1.82, 2.24) is 20.4 Å². The predicted molar refractivity (Wildman–Crippen MR) is 104 cm³/mol. The van der Waals surface area contributed by atoms with E-state index in [-0.39, 0.29) is 30.1 Å². The third-order valence-electron chi connectivity index (χ3n) is 4.89. The lowest BCUT2D eigenvalue weighted by atomic mass is 10.1. The molecule has 1 saturated heterocycles. The van der Waals surface area contributed by atoms with Crippen LogP contribution in [-0.4, -0.2) is 50.7 Å². The van der Waals surface area contributed by atoms with E-state index in [1.165, 1.54) is 18.2 Å². The van der Waals surface area contributed by atoms with Gasteiger partial charge in [0.25, 0.3) is 5.89 Å². The Labute approximate surface area is 179 Å². The normalized spacial score (nSPS) is 15.0. The molecule has 3 heterocycles. The maximum Gasteiger partial charge on any atom is 0.419 e. The number of ether oxygens (including phenoxy) is 1. The van der Waals surface area contributed by atoms with E-state index in [9.17, 15) is 18.0 Å². The van der Waals surface area contributed by atoms with Crippen LogP contribution in [0.5, 0.6) is 5.75 Å². The molecule has 0 unspecified atom stereocenters. The quantitative estimate of drug-likeness (QED) is 0.606. The minimum Gasteiger partial charge on any atom is -0.490 e. The molecule has 168 valence electrons. The van der Waals surface area contributed by atoms with Crippen LogP contribution in [0.3, 0.4) is 0 Å². The lowest BCUT2D eigenvalue weighted by Gasteiger charge is -2.33. The fourth-order valence-corrected chi connectivity index (χ4v) is 3.35. The Balaban J connectivity index is 1.36. The van der Waals surface area contributed by atoms with E-state index in [2.05, 4.69) is 20.4 Å². The Hall–Kier alpha value is -3.70. The van der Waals surface area contributed by atoms with Gasteiger partial charge in [-0.2, -0.15) is 13.2 Å². The number of aromatic nitrogens is 4. The second-order valence-corrected chi connectivity index (χ2v) is 7.15. The van der Waals surface area contributed by atoms with Crippen molar-refractivity contribution in [1.29, 1.82) is 0 Å². The highest BCUT2D eigenvalue weighted by Gasteiger charge is 2.35. The summed E-state index contributed by atoms with van der Waals surface area (Å²) in [6.07, 6.45) is -4.15. The number of anilines is 1. The molecule has 9 nitrogen and oxygen atoms in total. The molecular weight excluding hydrogens is 431 g/mol. The van der Waals surface area contributed by atoms with E-state index >= 15 is 0 Å². The summed E-state index contributed by atoms with van der Waals surface area (Å²) in [4.78, 5) is 12.7. The number of piperidine rings is 1. The molecule has 3 aromatic rings. The van der Waals surface area contributed by atoms with Crippen molar-refractivity contribution < 1.29 is 32.2 Å². The van der Waals surface area contributed by atoms with Crippen molar-refractivity contribution in [2.75, 3.05) is 18.0 Å². The van der Waals surface area contributed by atoms with Crippen molar-refractivity contribution in [3.63, 3.8) is 0 Å². The molecule has 0 aliphatic carbocycles. The lowest BCUT2D eigenvalue weighted by Crippen LogP contribution is -2.39. The van der Waals surface area contributed by atoms with Crippen molar-refractivity contribution in [2.45, 2.75) is 31.5 Å². The van der Waals surface area contributed by atoms with Crippen LogP contribution in [0.15, 0.2) is 40.8 Å². The topological polar surface area (TPSA) is 114 Å². The molecule has 1 N–H and O–H groups in total. The molecule has 1 aliphatic heterocycles. The van der Waals surface area contributed by atoms with E-state index in [0.717, 1.165) is 6.07 Å². The monoisotopic (exact) mass is 449 g/mol. The number of para-hydroxylation sites is 1. The minimum atomic E-state index is -4.47. The lowest BCUT2D eigenvalue weighted by molar-refractivity contribution is -0.139. The number of carboxylic acids is 1. The molecule has 32 heavy (non-hydrogen) atoms. The molecule has 12 heteroatoms. The number of halogens is 3. The molecule has 2 aromatic heterocycles. The Morgan fingerprint density at radius 1 is 1.09 bits per heavy atom. The van der Waals surface area contributed by atoms with Gasteiger partial charge in [-0.3, -0.25) is 4.79 Å². The molecule has 0 spiro atoms. The molecule has 0 amide bonds. The standard InChI is InChI=1S/C20H18F3N5O4/c21-20(22,23)13-3-1-2-4-15(13)31-12-7-9-28(10-8-12)16-6-5-14(24-25-16)19-27-26-17(32-19)11-18(29)30/h1-6,12H,7-11H2,(H,29,30). The van der Waals surface area contributed by atoms with Crippen LogP contribution in [0.1, 0.15) is 24.3 Å². The third kappa shape index (κ3) is 4.95. The fourth-order valence-electron chi connectivity index (χ4n) is 3.35. The number of aliphatic carboxylic acids is 1. The highest BCUT2D eigenvalue weighted by Crippen LogP contribution is 2.37. The molecule has 0 bridgehead atoms. The second-order valence-electron chi connectivity index (χ2n) is 7.15. The van der Waals surface area contributed by atoms with Gasteiger partial charge in [0.05, 0.1) is 5.56 Å². The van der Waals surface area contributed by atoms with Gasteiger partial charge in [0, 0.05) is 25.9 Å². The highest BCUT2D eigenvalue weighted by molar-refractivity contribution is 5.68. The van der Waals surface area contributed by atoms with Crippen molar-refractivity contribution in [2.24, 2.45) is 0 Å². The number of hydrogen-bond donors (Lipinski definition) is 1. The van der Waals surface area contributed by atoms with Crippen molar-refractivity contribution in [3.8, 4) is 17.3 Å². The predicted octanol–water partition coefficient (Wildman–Crippen LogP) is 3.22. The number of carbonyl (C=O) groups is 1. The number of benzene rings is 1. The van der Waals surface area contributed by atoms with E-state index in [4.69, 9.17) is 14.3 Å². The van der Waals surface area contributed by atoms with Gasteiger partial charge in [-0.25, -0.2) is 0 Å². The summed E-state index contributed by atoms with van der Waals surface area (Å²) in [5.41, 5.74) is -0.476. The van der Waals surface area contributed by atoms with Gasteiger partial charge < -0.3 is 19.2 Å². The molecule has 1 fully saturated rings. The maximum atomic E-state index is 13.2. The van der Waals surface area contributed by atoms with Crippen LogP contribution in [-0.2, 0) is 17.4 Å². The van der Waals surface area contributed by atoms with Gasteiger partial charge in [-0.15, -0.1) is 20.4 Å². The minimum absolute atomic E-state index is 0.0347. The van der Waals surface area contributed by atoms with Crippen LogP contribution in [0.2, 0.25) is 0 Å². The molecule has 0 saturated carbocycles. The molecular formula is C20H18F3N5O4. The summed E-state index contributed by atoms with van der Waals surface area (Å²) in [6, 6.07) is 8.54. The average Bonchev–Trinajstić information content (AvgIpc) is 3.22. The van der Waals surface area contributed by atoms with Gasteiger partial charge in [0.1, 0.15) is 24.0 Å². The third-order valence-corrected chi connectivity index (χ3v) is 4.89. The molecule has 4 rings (SSSR count). The zero-order valence-electron chi connectivity index (χ0n) is 16.6. The number of carboxylic acid groups (broad SMARTS) is 1. The summed E-state index contributed by atoms with van der Waals surface area (Å²) in [7, 11) is 0. The Morgan fingerprint density at radius 3 is 2.50 bits per heavy atom. The van der Waals surface area contributed by atoms with Crippen LogP contribution in [0.4, 0.5) is 19.0 Å². The first kappa shape index (κ1) is 21.5. The summed E-state index contributed by atoms with van der Waals surface area (Å²) >= 11 is 0. The van der Waals surface area contributed by atoms with Crippen LogP contribution in [0, 0.1) is 0 Å². The van der Waals surface area contributed by atoms with E-state index < -0.39 is 17.7 Å². The summed E-state index contributed by atoms with van der Waals surface area (Å²) in [5, 5.41) is 24.4. The first-order valence-corrected chi connectivity index (χ1v) is 9.75. The summed E-state index contributed by atoms with van der Waals surface area (Å²) < 4.78 is 50.4. The first-order chi connectivity index (χ1) is 15.3. The summed E-state index contributed by atoms with van der Waals surface area (Å²) in [6.45, 7) is 1.08. The molecule has 0 radical (unpaired) electrons. The number of hydrogen-bond acceptors (Lipinski definition) is 8. The molecule has 1 aromatic carbocycles. The van der Waals surface area contributed by atoms with Gasteiger partial charge in [0.15, 0.2) is 5.82 Å². The number of alkyl halides is 3.